The zero-order chi connectivity index (χ0) is 16.3. The van der Waals surface area contributed by atoms with E-state index in [1.807, 2.05) is 54.6 Å². The smallest absolute Gasteiger partial charge is 0.120 e. The van der Waals surface area contributed by atoms with Crippen molar-refractivity contribution in [3.63, 3.8) is 0 Å². The van der Waals surface area contributed by atoms with Crippen molar-refractivity contribution in [1.82, 2.24) is 5.32 Å². The van der Waals surface area contributed by atoms with Crippen LogP contribution in [0.3, 0.4) is 0 Å². The van der Waals surface area contributed by atoms with Gasteiger partial charge in [-0.15, -0.1) is 0 Å². The van der Waals surface area contributed by atoms with E-state index >= 15 is 0 Å². The van der Waals surface area contributed by atoms with Gasteiger partial charge in [-0.2, -0.15) is 0 Å². The van der Waals surface area contributed by atoms with E-state index in [0.29, 0.717) is 25.4 Å². The minimum Gasteiger partial charge on any atom is -0.491 e. The lowest BCUT2D eigenvalue weighted by atomic mass is 10.2. The van der Waals surface area contributed by atoms with Crippen LogP contribution in [0.1, 0.15) is 5.56 Å². The number of hydrogen-bond donors (Lipinski definition) is 3. The zero-order valence-electron chi connectivity index (χ0n) is 13.0. The Labute approximate surface area is 136 Å². The van der Waals surface area contributed by atoms with Gasteiger partial charge in [-0.05, 0) is 29.8 Å². The molecule has 2 aromatic rings. The van der Waals surface area contributed by atoms with Gasteiger partial charge in [0.15, 0.2) is 0 Å². The molecule has 1 atom stereocenters. The van der Waals surface area contributed by atoms with Gasteiger partial charge in [0.25, 0.3) is 0 Å². The van der Waals surface area contributed by atoms with Crippen molar-refractivity contribution in [2.45, 2.75) is 12.7 Å². The Kier molecular flexibility index (Phi) is 7.39. The highest BCUT2D eigenvalue weighted by molar-refractivity contribution is 5.31. The predicted molar refractivity (Wildman–Crippen MR) is 88.7 cm³/mol. The van der Waals surface area contributed by atoms with Crippen LogP contribution < -0.4 is 14.8 Å². The topological polar surface area (TPSA) is 71.0 Å². The fourth-order valence-corrected chi connectivity index (χ4v) is 1.97. The van der Waals surface area contributed by atoms with Crippen molar-refractivity contribution in [1.29, 1.82) is 0 Å². The Morgan fingerprint density at radius 1 is 0.913 bits per heavy atom. The molecule has 0 amide bonds. The molecule has 5 heteroatoms. The summed E-state index contributed by atoms with van der Waals surface area (Å²) < 4.78 is 11.2. The van der Waals surface area contributed by atoms with Crippen LogP contribution in [0.25, 0.3) is 0 Å². The minimum absolute atomic E-state index is 0.0536. The second-order valence-electron chi connectivity index (χ2n) is 5.14. The lowest BCUT2D eigenvalue weighted by molar-refractivity contribution is 0.105. The van der Waals surface area contributed by atoms with Crippen molar-refractivity contribution in [3.8, 4) is 11.5 Å². The van der Waals surface area contributed by atoms with Crippen molar-refractivity contribution in [2.75, 3.05) is 26.3 Å². The number of aliphatic hydroxyl groups is 2. The standard InChI is InChI=1S/C18H23NO4/c20-11-10-19-12-16(21)14-23-18-8-6-17(7-9-18)22-13-15-4-2-1-3-5-15/h1-9,16,19-21H,10-14H2. The van der Waals surface area contributed by atoms with E-state index in [9.17, 15) is 5.11 Å². The van der Waals surface area contributed by atoms with Crippen LogP contribution in [0.2, 0.25) is 0 Å². The molecule has 0 fully saturated rings. The molecule has 0 heterocycles. The first kappa shape index (κ1) is 17.3. The van der Waals surface area contributed by atoms with E-state index in [-0.39, 0.29) is 13.2 Å². The summed E-state index contributed by atoms with van der Waals surface area (Å²) in [7, 11) is 0. The highest BCUT2D eigenvalue weighted by Gasteiger charge is 2.05. The lowest BCUT2D eigenvalue weighted by Crippen LogP contribution is -2.32. The van der Waals surface area contributed by atoms with Crippen LogP contribution in [0.15, 0.2) is 54.6 Å². The molecule has 3 N–H and O–H groups in total. The van der Waals surface area contributed by atoms with Crippen LogP contribution in [-0.4, -0.2) is 42.6 Å². The summed E-state index contributed by atoms with van der Waals surface area (Å²) in [5.74, 6) is 1.45. The second kappa shape index (κ2) is 9.84. The lowest BCUT2D eigenvalue weighted by Gasteiger charge is -2.13. The van der Waals surface area contributed by atoms with Crippen molar-refractivity contribution in [3.05, 3.63) is 60.2 Å². The summed E-state index contributed by atoms with van der Waals surface area (Å²) in [6, 6.07) is 17.3. The number of hydrogen-bond acceptors (Lipinski definition) is 5. The summed E-state index contributed by atoms with van der Waals surface area (Å²) in [4.78, 5) is 0. The average molecular weight is 317 g/mol. The Hall–Kier alpha value is -2.08. The van der Waals surface area contributed by atoms with Gasteiger partial charge in [0.2, 0.25) is 0 Å². The molecule has 2 rings (SSSR count). The first-order valence-electron chi connectivity index (χ1n) is 7.67. The zero-order valence-corrected chi connectivity index (χ0v) is 13.0. The van der Waals surface area contributed by atoms with Gasteiger partial charge in [0.1, 0.15) is 30.8 Å². The van der Waals surface area contributed by atoms with E-state index in [0.717, 1.165) is 11.3 Å². The van der Waals surface area contributed by atoms with E-state index in [2.05, 4.69) is 5.32 Å². The largest absolute Gasteiger partial charge is 0.491 e. The first-order valence-corrected chi connectivity index (χ1v) is 7.67. The quantitative estimate of drug-likeness (QED) is 0.581. The Bertz CT molecular complexity index is 545. The third-order valence-electron chi connectivity index (χ3n) is 3.18. The minimum atomic E-state index is -0.615. The summed E-state index contributed by atoms with van der Waals surface area (Å²) >= 11 is 0. The molecular formula is C18H23NO4. The normalized spacial score (nSPS) is 11.9. The molecular weight excluding hydrogens is 294 g/mol. The van der Waals surface area contributed by atoms with Crippen LogP contribution in [0.4, 0.5) is 0 Å². The molecule has 23 heavy (non-hydrogen) atoms. The summed E-state index contributed by atoms with van der Waals surface area (Å²) in [6.07, 6.45) is -0.615. The Morgan fingerprint density at radius 3 is 2.22 bits per heavy atom. The molecule has 0 bridgehead atoms. The fourth-order valence-electron chi connectivity index (χ4n) is 1.97. The van der Waals surface area contributed by atoms with Crippen LogP contribution >= 0.6 is 0 Å². The average Bonchev–Trinajstić information content (AvgIpc) is 2.60. The van der Waals surface area contributed by atoms with Gasteiger partial charge in [0, 0.05) is 13.1 Å². The number of benzene rings is 2. The van der Waals surface area contributed by atoms with Gasteiger partial charge in [-0.1, -0.05) is 30.3 Å². The van der Waals surface area contributed by atoms with E-state index < -0.39 is 6.10 Å². The highest BCUT2D eigenvalue weighted by Crippen LogP contribution is 2.18. The Balaban J connectivity index is 1.71. The maximum Gasteiger partial charge on any atom is 0.120 e. The molecule has 2 aromatic carbocycles. The number of nitrogens with one attached hydrogen (secondary N) is 1. The first-order chi connectivity index (χ1) is 11.3. The van der Waals surface area contributed by atoms with Gasteiger partial charge in [-0.25, -0.2) is 0 Å². The molecule has 0 aromatic heterocycles. The van der Waals surface area contributed by atoms with Gasteiger partial charge in [0.05, 0.1) is 6.61 Å². The number of rotatable bonds is 10. The molecule has 124 valence electrons. The summed E-state index contributed by atoms with van der Waals surface area (Å²) in [6.45, 7) is 1.63. The molecule has 0 spiro atoms. The SMILES string of the molecule is OCCNCC(O)COc1ccc(OCc2ccccc2)cc1. The summed E-state index contributed by atoms with van der Waals surface area (Å²) in [5.41, 5.74) is 1.12. The fraction of sp³-hybridized carbons (Fsp3) is 0.333. The number of ether oxygens (including phenoxy) is 2. The highest BCUT2D eigenvalue weighted by atomic mass is 16.5. The van der Waals surface area contributed by atoms with Crippen molar-refractivity contribution >= 4 is 0 Å². The molecule has 0 aliphatic carbocycles. The third-order valence-corrected chi connectivity index (χ3v) is 3.18. The summed E-state index contributed by atoms with van der Waals surface area (Å²) in [5, 5.41) is 21.3. The van der Waals surface area contributed by atoms with Gasteiger partial charge < -0.3 is 25.0 Å². The van der Waals surface area contributed by atoms with Gasteiger partial charge in [-0.3, -0.25) is 0 Å². The monoisotopic (exact) mass is 317 g/mol. The third kappa shape index (κ3) is 6.69. The van der Waals surface area contributed by atoms with Crippen LogP contribution in [0, 0.1) is 0 Å². The number of aliphatic hydroxyl groups excluding tert-OH is 2. The van der Waals surface area contributed by atoms with Crippen molar-refractivity contribution in [2.24, 2.45) is 0 Å². The Morgan fingerprint density at radius 2 is 1.57 bits per heavy atom. The molecule has 1 unspecified atom stereocenters. The molecule has 0 aliphatic heterocycles. The molecule has 0 radical (unpaired) electrons. The van der Waals surface area contributed by atoms with Crippen molar-refractivity contribution < 1.29 is 19.7 Å². The van der Waals surface area contributed by atoms with E-state index in [1.165, 1.54) is 0 Å². The maximum absolute atomic E-state index is 9.71. The molecule has 0 aliphatic rings. The van der Waals surface area contributed by atoms with E-state index in [4.69, 9.17) is 14.6 Å². The molecule has 0 saturated carbocycles. The van der Waals surface area contributed by atoms with Crippen LogP contribution in [0.5, 0.6) is 11.5 Å². The molecule has 0 saturated heterocycles. The van der Waals surface area contributed by atoms with E-state index in [1.54, 1.807) is 0 Å². The maximum atomic E-state index is 9.71. The van der Waals surface area contributed by atoms with Gasteiger partial charge >= 0.3 is 0 Å². The molecule has 5 nitrogen and oxygen atoms in total. The van der Waals surface area contributed by atoms with Crippen LogP contribution in [-0.2, 0) is 6.61 Å². The second-order valence-corrected chi connectivity index (χ2v) is 5.14. The predicted octanol–water partition coefficient (Wildman–Crippen LogP) is 1.59.